The molecule has 198 valence electrons. The van der Waals surface area contributed by atoms with Crippen LogP contribution in [0.5, 0.6) is 0 Å². The molecule has 0 fully saturated rings. The fraction of sp³-hybridized carbons (Fsp3) is 0.162. The van der Waals surface area contributed by atoms with Gasteiger partial charge in [0.2, 0.25) is 0 Å². The Bertz CT molecular complexity index is 2210. The molecule has 4 aromatic carbocycles. The minimum Gasteiger partial charge on any atom is -0.310 e. The van der Waals surface area contributed by atoms with Crippen LogP contribution in [-0.4, -0.2) is 14.2 Å². The predicted octanol–water partition coefficient (Wildman–Crippen LogP) is 8.33. The minimum absolute atomic E-state index is 0.0666. The van der Waals surface area contributed by atoms with Crippen LogP contribution in [0.15, 0.2) is 103 Å². The van der Waals surface area contributed by atoms with E-state index in [2.05, 4.69) is 145 Å². The number of anilines is 3. The highest BCUT2D eigenvalue weighted by Gasteiger charge is 2.37. The highest BCUT2D eigenvalue weighted by Crippen LogP contribution is 2.51. The zero-order valence-corrected chi connectivity index (χ0v) is 23.7. The van der Waals surface area contributed by atoms with Crippen LogP contribution in [0.3, 0.4) is 0 Å². The van der Waals surface area contributed by atoms with Crippen molar-refractivity contribution in [2.75, 3.05) is 4.90 Å². The molecule has 0 N–H and O–H groups in total. The summed E-state index contributed by atoms with van der Waals surface area (Å²) in [4.78, 5) is 2.42. The minimum atomic E-state index is -0.0834. The van der Waals surface area contributed by atoms with Crippen molar-refractivity contribution in [1.82, 2.24) is 14.2 Å². The lowest BCUT2D eigenvalue weighted by Gasteiger charge is -2.42. The molecule has 0 unspecified atom stereocenters. The molecule has 2 aliphatic rings. The van der Waals surface area contributed by atoms with Crippen LogP contribution >= 0.6 is 0 Å². The van der Waals surface area contributed by atoms with Gasteiger partial charge in [0.15, 0.2) is 0 Å². The first-order valence-corrected chi connectivity index (χ1v) is 14.4. The summed E-state index contributed by atoms with van der Waals surface area (Å²) in [6.45, 7) is 9.30. The lowest BCUT2D eigenvalue weighted by Crippen LogP contribution is -2.30. The molecule has 0 saturated heterocycles. The summed E-state index contributed by atoms with van der Waals surface area (Å²) in [5, 5.41) is 8.66. The summed E-state index contributed by atoms with van der Waals surface area (Å²) in [5.74, 6) is 0. The third-order valence-corrected chi connectivity index (χ3v) is 9.53. The maximum absolute atomic E-state index is 4.73. The second kappa shape index (κ2) is 7.46. The van der Waals surface area contributed by atoms with Crippen LogP contribution in [-0.2, 0) is 10.8 Å². The van der Waals surface area contributed by atoms with E-state index in [-0.39, 0.29) is 10.8 Å². The lowest BCUT2D eigenvalue weighted by atomic mass is 9.73. The van der Waals surface area contributed by atoms with E-state index in [1.807, 2.05) is 6.20 Å². The van der Waals surface area contributed by atoms with Gasteiger partial charge in [0.1, 0.15) is 0 Å². The first-order valence-electron chi connectivity index (χ1n) is 14.4. The van der Waals surface area contributed by atoms with E-state index in [4.69, 9.17) is 5.10 Å². The Kier molecular flexibility index (Phi) is 4.18. The molecule has 0 atom stereocenters. The van der Waals surface area contributed by atoms with Crippen molar-refractivity contribution in [3.63, 3.8) is 0 Å². The molecule has 0 saturated carbocycles. The third kappa shape index (κ3) is 2.77. The van der Waals surface area contributed by atoms with Crippen molar-refractivity contribution in [2.45, 2.75) is 38.5 Å². The van der Waals surface area contributed by atoms with Gasteiger partial charge in [-0.15, -0.1) is 0 Å². The number of benzene rings is 4. The SMILES string of the molecule is CC1(C)C=c2c3c1c1ccnn1c1cccc(c31)n2-c1ccc(N2c3ccccc3C(C)(C)c3ccccc32)cc1. The average Bonchev–Trinajstić information content (AvgIpc) is 3.65. The van der Waals surface area contributed by atoms with Crippen LogP contribution in [0.1, 0.15) is 44.4 Å². The molecule has 9 rings (SSSR count). The largest absolute Gasteiger partial charge is 0.310 e. The molecule has 1 aliphatic heterocycles. The van der Waals surface area contributed by atoms with E-state index in [0.717, 1.165) is 5.52 Å². The maximum Gasteiger partial charge on any atom is 0.0753 e. The fourth-order valence-electron chi connectivity index (χ4n) is 7.76. The standard InChI is InChI=1S/C37H30N4/c1-36(2)22-32-34-33-29(14-9-15-30(33)41-31(35(34)36)20-21-38-41)40(32)24-18-16-23(17-19-24)39-27-12-7-5-10-25(27)37(3,4)26-11-6-8-13-28(26)39/h5-22H,1-4H3. The molecule has 4 heteroatoms. The zero-order valence-electron chi connectivity index (χ0n) is 23.7. The predicted molar refractivity (Wildman–Crippen MR) is 169 cm³/mol. The summed E-state index contributed by atoms with van der Waals surface area (Å²) in [7, 11) is 0. The van der Waals surface area contributed by atoms with Gasteiger partial charge in [-0.25, -0.2) is 4.52 Å². The topological polar surface area (TPSA) is 25.5 Å². The number of fused-ring (bicyclic) bond motifs is 5. The number of para-hydroxylation sites is 2. The Morgan fingerprint density at radius 2 is 1.22 bits per heavy atom. The van der Waals surface area contributed by atoms with E-state index in [9.17, 15) is 0 Å². The van der Waals surface area contributed by atoms with Crippen molar-refractivity contribution in [3.8, 4) is 5.69 Å². The zero-order chi connectivity index (χ0) is 27.7. The van der Waals surface area contributed by atoms with Gasteiger partial charge in [-0.2, -0.15) is 5.10 Å². The second-order valence-corrected chi connectivity index (χ2v) is 12.6. The lowest BCUT2D eigenvalue weighted by molar-refractivity contribution is 0.632. The summed E-state index contributed by atoms with van der Waals surface area (Å²) in [6, 6.07) is 35.5. The molecule has 4 heterocycles. The molecular formula is C37H30N4. The molecular weight excluding hydrogens is 500 g/mol. The molecule has 0 radical (unpaired) electrons. The number of hydrogen-bond acceptors (Lipinski definition) is 2. The number of aromatic nitrogens is 3. The van der Waals surface area contributed by atoms with Crippen LogP contribution in [0, 0.1) is 0 Å². The average molecular weight is 531 g/mol. The first kappa shape index (κ1) is 22.9. The molecule has 41 heavy (non-hydrogen) atoms. The van der Waals surface area contributed by atoms with Crippen molar-refractivity contribution in [2.24, 2.45) is 0 Å². The van der Waals surface area contributed by atoms with Crippen LogP contribution in [0.4, 0.5) is 17.1 Å². The fourth-order valence-corrected chi connectivity index (χ4v) is 7.76. The van der Waals surface area contributed by atoms with Crippen molar-refractivity contribution < 1.29 is 0 Å². The quantitative estimate of drug-likeness (QED) is 0.225. The van der Waals surface area contributed by atoms with E-state index in [1.54, 1.807) is 0 Å². The van der Waals surface area contributed by atoms with Crippen LogP contribution in [0.2, 0.25) is 0 Å². The smallest absolute Gasteiger partial charge is 0.0753 e. The van der Waals surface area contributed by atoms with Gasteiger partial charge in [-0.05, 0) is 77.4 Å². The summed E-state index contributed by atoms with van der Waals surface area (Å²) >= 11 is 0. The molecule has 7 aromatic rings. The van der Waals surface area contributed by atoms with E-state index in [0.29, 0.717) is 0 Å². The third-order valence-electron chi connectivity index (χ3n) is 9.53. The Labute approximate surface area is 238 Å². The van der Waals surface area contributed by atoms with Crippen LogP contribution in [0.25, 0.3) is 39.1 Å². The monoisotopic (exact) mass is 530 g/mol. The van der Waals surface area contributed by atoms with Gasteiger partial charge in [0.05, 0.1) is 39.5 Å². The number of rotatable bonds is 2. The van der Waals surface area contributed by atoms with Gasteiger partial charge < -0.3 is 9.47 Å². The van der Waals surface area contributed by atoms with Gasteiger partial charge in [-0.1, -0.05) is 70.2 Å². The van der Waals surface area contributed by atoms with Gasteiger partial charge in [0, 0.05) is 33.0 Å². The summed E-state index contributed by atoms with van der Waals surface area (Å²) in [6.07, 6.45) is 4.36. The van der Waals surface area contributed by atoms with Gasteiger partial charge in [-0.3, -0.25) is 0 Å². The summed E-state index contributed by atoms with van der Waals surface area (Å²) in [5.41, 5.74) is 12.3. The number of hydrogen-bond donors (Lipinski definition) is 0. The Hall–Kier alpha value is -4.83. The highest BCUT2D eigenvalue weighted by atomic mass is 15.2. The molecule has 0 bridgehead atoms. The van der Waals surface area contributed by atoms with Gasteiger partial charge in [0.25, 0.3) is 0 Å². The maximum atomic E-state index is 4.73. The summed E-state index contributed by atoms with van der Waals surface area (Å²) < 4.78 is 4.57. The first-order chi connectivity index (χ1) is 19.9. The highest BCUT2D eigenvalue weighted by molar-refractivity contribution is 6.15. The van der Waals surface area contributed by atoms with Crippen molar-refractivity contribution in [3.05, 3.63) is 125 Å². The second-order valence-electron chi connectivity index (χ2n) is 12.6. The van der Waals surface area contributed by atoms with E-state index >= 15 is 0 Å². The van der Waals surface area contributed by atoms with Crippen molar-refractivity contribution in [1.29, 1.82) is 0 Å². The Balaban J connectivity index is 1.27. The molecule has 3 aromatic heterocycles. The normalized spacial score (nSPS) is 16.3. The molecule has 4 nitrogen and oxygen atoms in total. The van der Waals surface area contributed by atoms with E-state index < -0.39 is 0 Å². The van der Waals surface area contributed by atoms with Gasteiger partial charge >= 0.3 is 0 Å². The number of pyridine rings is 1. The van der Waals surface area contributed by atoms with Crippen molar-refractivity contribution >= 4 is 50.5 Å². The van der Waals surface area contributed by atoms with Crippen LogP contribution < -0.4 is 10.2 Å². The van der Waals surface area contributed by atoms with E-state index in [1.165, 1.54) is 66.6 Å². The molecule has 0 spiro atoms. The molecule has 0 amide bonds. The Morgan fingerprint density at radius 3 is 1.93 bits per heavy atom. The Morgan fingerprint density at radius 1 is 0.585 bits per heavy atom. The number of nitrogens with zero attached hydrogens (tertiary/aromatic N) is 4. The molecule has 1 aliphatic carbocycles.